The van der Waals surface area contributed by atoms with E-state index in [0.717, 1.165) is 32.1 Å². The summed E-state index contributed by atoms with van der Waals surface area (Å²) in [6.45, 7) is 7.55. The highest BCUT2D eigenvalue weighted by Gasteiger charge is 2.54. The zero-order chi connectivity index (χ0) is 21.8. The van der Waals surface area contributed by atoms with E-state index < -0.39 is 0 Å². The molecule has 30 heavy (non-hydrogen) atoms. The van der Waals surface area contributed by atoms with Gasteiger partial charge in [0.2, 0.25) is 0 Å². The molecule has 1 aromatic heterocycles. The van der Waals surface area contributed by atoms with Crippen LogP contribution in [0.5, 0.6) is 0 Å². The van der Waals surface area contributed by atoms with Gasteiger partial charge in [-0.3, -0.25) is 9.59 Å². The quantitative estimate of drug-likeness (QED) is 0.414. The second-order valence-corrected chi connectivity index (χ2v) is 9.57. The molecule has 4 atom stereocenters. The van der Waals surface area contributed by atoms with E-state index in [0.29, 0.717) is 18.4 Å². The first kappa shape index (κ1) is 22.6. The van der Waals surface area contributed by atoms with Crippen molar-refractivity contribution < 1.29 is 23.5 Å². The van der Waals surface area contributed by atoms with E-state index in [1.54, 1.807) is 6.26 Å². The lowest BCUT2D eigenvalue weighted by Gasteiger charge is -2.58. The Labute approximate surface area is 180 Å². The number of methoxy groups -OCH3 is 1. The Balaban J connectivity index is 1.73. The van der Waals surface area contributed by atoms with Crippen molar-refractivity contribution >= 4 is 11.9 Å². The maximum atomic E-state index is 12.2. The zero-order valence-corrected chi connectivity index (χ0v) is 18.9. The molecule has 166 valence electrons. The van der Waals surface area contributed by atoms with E-state index in [2.05, 4.69) is 31.6 Å². The van der Waals surface area contributed by atoms with Gasteiger partial charge in [0.25, 0.3) is 0 Å². The van der Waals surface area contributed by atoms with Crippen LogP contribution in [0.15, 0.2) is 34.7 Å². The molecule has 0 saturated heterocycles. The number of esters is 2. The highest BCUT2D eigenvalue weighted by atomic mass is 16.5. The minimum atomic E-state index is -0.380. The van der Waals surface area contributed by atoms with Gasteiger partial charge < -0.3 is 13.9 Å². The molecule has 5 nitrogen and oxygen atoms in total. The molecule has 0 unspecified atom stereocenters. The van der Waals surface area contributed by atoms with Gasteiger partial charge in [-0.1, -0.05) is 25.5 Å². The maximum absolute atomic E-state index is 12.2. The molecule has 3 rings (SSSR count). The van der Waals surface area contributed by atoms with Crippen molar-refractivity contribution in [2.45, 2.75) is 72.1 Å². The van der Waals surface area contributed by atoms with Crippen LogP contribution < -0.4 is 0 Å². The normalized spacial score (nSPS) is 30.9. The third kappa shape index (κ3) is 4.65. The van der Waals surface area contributed by atoms with Crippen molar-refractivity contribution in [2.75, 3.05) is 13.7 Å². The van der Waals surface area contributed by atoms with E-state index >= 15 is 0 Å². The van der Waals surface area contributed by atoms with Crippen LogP contribution >= 0.6 is 0 Å². The Morgan fingerprint density at radius 1 is 1.20 bits per heavy atom. The molecule has 1 saturated carbocycles. The third-order valence-electron chi connectivity index (χ3n) is 8.06. The van der Waals surface area contributed by atoms with Crippen LogP contribution in [-0.2, 0) is 25.5 Å². The molecule has 0 aromatic carbocycles. The topological polar surface area (TPSA) is 65.7 Å². The average Bonchev–Trinajstić information content (AvgIpc) is 3.25. The van der Waals surface area contributed by atoms with Gasteiger partial charge in [0, 0.05) is 0 Å². The van der Waals surface area contributed by atoms with Gasteiger partial charge in [-0.15, -0.1) is 0 Å². The van der Waals surface area contributed by atoms with Crippen molar-refractivity contribution in [3.8, 4) is 0 Å². The van der Waals surface area contributed by atoms with Crippen molar-refractivity contribution in [2.24, 2.45) is 22.7 Å². The summed E-state index contributed by atoms with van der Waals surface area (Å²) in [5.74, 6) is 0.185. The van der Waals surface area contributed by atoms with Crippen molar-refractivity contribution in [3.05, 3.63) is 35.8 Å². The molecule has 2 aliphatic carbocycles. The summed E-state index contributed by atoms with van der Waals surface area (Å²) in [5, 5.41) is 0. The molecule has 2 aliphatic rings. The van der Waals surface area contributed by atoms with Gasteiger partial charge in [-0.2, -0.15) is 0 Å². The van der Waals surface area contributed by atoms with Gasteiger partial charge >= 0.3 is 11.9 Å². The predicted molar refractivity (Wildman–Crippen MR) is 115 cm³/mol. The molecule has 0 spiro atoms. The Morgan fingerprint density at radius 2 is 1.97 bits per heavy atom. The standard InChI is InChI=1S/C25H36O5/c1-18-6-5-7-21-24(18,2)14-11-20(17-30-23(27)9-8-22(26)28-4)25(21,3)13-10-19-12-15-29-16-19/h6,12,15-16,20-21H,5,7-11,13-14,17H2,1-4H3/t20-,21-,24-,25-/m0/s1. The Morgan fingerprint density at radius 3 is 2.67 bits per heavy atom. The van der Waals surface area contributed by atoms with Gasteiger partial charge in [-0.05, 0) is 79.7 Å². The monoisotopic (exact) mass is 416 g/mol. The highest BCUT2D eigenvalue weighted by Crippen LogP contribution is 2.61. The van der Waals surface area contributed by atoms with E-state index in [-0.39, 0.29) is 35.6 Å². The van der Waals surface area contributed by atoms with Crippen LogP contribution in [0, 0.1) is 22.7 Å². The van der Waals surface area contributed by atoms with Crippen LogP contribution in [0.3, 0.4) is 0 Å². The number of furan rings is 1. The van der Waals surface area contributed by atoms with Crippen LogP contribution in [0.2, 0.25) is 0 Å². The molecule has 0 N–H and O–H groups in total. The summed E-state index contributed by atoms with van der Waals surface area (Å²) in [6.07, 6.45) is 12.6. The van der Waals surface area contributed by atoms with Crippen molar-refractivity contribution in [3.63, 3.8) is 0 Å². The lowest BCUT2D eigenvalue weighted by molar-refractivity contribution is -0.154. The zero-order valence-electron chi connectivity index (χ0n) is 18.9. The lowest BCUT2D eigenvalue weighted by atomic mass is 9.46. The van der Waals surface area contributed by atoms with Crippen LogP contribution in [0.4, 0.5) is 0 Å². The molecule has 1 heterocycles. The number of ether oxygens (including phenoxy) is 2. The molecule has 0 aliphatic heterocycles. The van der Waals surface area contributed by atoms with E-state index in [1.807, 2.05) is 12.3 Å². The summed E-state index contributed by atoms with van der Waals surface area (Å²) in [6, 6.07) is 2.04. The van der Waals surface area contributed by atoms with E-state index in [4.69, 9.17) is 9.15 Å². The number of rotatable bonds is 8. The van der Waals surface area contributed by atoms with Gasteiger partial charge in [0.15, 0.2) is 0 Å². The fraction of sp³-hybridized carbons (Fsp3) is 0.680. The molecule has 1 aromatic rings. The van der Waals surface area contributed by atoms with Crippen molar-refractivity contribution in [1.29, 1.82) is 0 Å². The van der Waals surface area contributed by atoms with Gasteiger partial charge in [0.1, 0.15) is 0 Å². The number of allylic oxidation sites excluding steroid dienone is 2. The molecule has 0 bridgehead atoms. The van der Waals surface area contributed by atoms with Crippen LogP contribution in [0.1, 0.15) is 71.3 Å². The van der Waals surface area contributed by atoms with Gasteiger partial charge in [0.05, 0.1) is 39.1 Å². The number of fused-ring (bicyclic) bond motifs is 1. The Bertz CT molecular complexity index is 765. The van der Waals surface area contributed by atoms with Crippen LogP contribution in [-0.4, -0.2) is 25.7 Å². The van der Waals surface area contributed by atoms with Crippen LogP contribution in [0.25, 0.3) is 0 Å². The summed E-state index contributed by atoms with van der Waals surface area (Å²) in [5.41, 5.74) is 3.03. The average molecular weight is 417 g/mol. The predicted octanol–water partition coefficient (Wildman–Crippen LogP) is 5.49. The molecular formula is C25H36O5. The summed E-state index contributed by atoms with van der Waals surface area (Å²) in [7, 11) is 1.33. The van der Waals surface area contributed by atoms with Gasteiger partial charge in [-0.25, -0.2) is 0 Å². The summed E-state index contributed by atoms with van der Waals surface area (Å²) >= 11 is 0. The third-order valence-corrected chi connectivity index (χ3v) is 8.06. The Hall–Kier alpha value is -2.04. The summed E-state index contributed by atoms with van der Waals surface area (Å²) in [4.78, 5) is 23.5. The highest BCUT2D eigenvalue weighted by molar-refractivity contribution is 5.77. The fourth-order valence-corrected chi connectivity index (χ4v) is 5.88. The number of carbonyl (C=O) groups is 2. The molecule has 0 amide bonds. The lowest BCUT2D eigenvalue weighted by Crippen LogP contribution is -2.51. The first-order valence-corrected chi connectivity index (χ1v) is 11.2. The Kier molecular flexibility index (Phi) is 7.10. The number of carbonyl (C=O) groups excluding carboxylic acids is 2. The summed E-state index contributed by atoms with van der Waals surface area (Å²) < 4.78 is 15.6. The molecule has 5 heteroatoms. The minimum absolute atomic E-state index is 0.0718. The fourth-order valence-electron chi connectivity index (χ4n) is 5.88. The first-order valence-electron chi connectivity index (χ1n) is 11.2. The van der Waals surface area contributed by atoms with E-state index in [9.17, 15) is 9.59 Å². The second kappa shape index (κ2) is 9.40. The minimum Gasteiger partial charge on any atom is -0.472 e. The largest absolute Gasteiger partial charge is 0.472 e. The molecular weight excluding hydrogens is 380 g/mol. The molecule has 1 fully saturated rings. The van der Waals surface area contributed by atoms with E-state index in [1.165, 1.54) is 24.7 Å². The maximum Gasteiger partial charge on any atom is 0.306 e. The SMILES string of the molecule is COC(=O)CCC(=O)OC[C@@H]1CC[C@@]2(C)C(C)=CCC[C@@H]2[C@@]1(C)CCc1ccoc1. The van der Waals surface area contributed by atoms with Crippen molar-refractivity contribution in [1.82, 2.24) is 0 Å². The number of hydrogen-bond acceptors (Lipinski definition) is 5. The number of hydrogen-bond donors (Lipinski definition) is 0. The first-order chi connectivity index (χ1) is 14.3. The molecule has 0 radical (unpaired) electrons. The smallest absolute Gasteiger partial charge is 0.306 e. The second-order valence-electron chi connectivity index (χ2n) is 9.57. The number of aryl methyl sites for hydroxylation is 1.